The van der Waals surface area contributed by atoms with Crippen LogP contribution >= 0.6 is 7.60 Å². The van der Waals surface area contributed by atoms with Crippen LogP contribution < -0.4 is 5.32 Å². The zero-order chi connectivity index (χ0) is 64.0. The first-order chi connectivity index (χ1) is 39.2. The molecule has 5 atom stereocenters. The Bertz CT molecular complexity index is 2080. The standard InChI is InChI=1S/C14H26N2O.C10H13NO.C9H18N2O.C9H17NO.C9H16O6.C8H15NO.C3H9O3P/c1-12(2)14(17)16-10-8-15(9-11-16)13-6-4-3-5-7-13;1-8(2)10(12)11-9-6-4-3-5-7-9;1-8(2)9(12)11-6-4-10(3)5-7-11;1-8(2)9(11)10-6-4-3-5-7-10;1-3(2)7-5(11)4(10)6(12)8(15-7)9(13)14;1-7(2)8(10)9-5-3-4-6-9;1-3(2)7(4,5)6/h12-13H,3-11H2,1-2H3;3-8H,1-2H3,(H,11,12);8H,4-7H2,1-3H3;8H,3-7H2,1-2H3;3-8,10-12H,1-2H3,(H,13,14);7H,3-6H2,1-2H3;3H,1-2H3,(H2,4,5,6)/t;;;;4-,5-,6+,7-,8+;;/m....1../s1. The van der Waals surface area contributed by atoms with E-state index >= 15 is 0 Å². The van der Waals surface area contributed by atoms with Crippen molar-refractivity contribution in [1.82, 2.24) is 29.4 Å². The molecule has 6 aliphatic rings. The van der Waals surface area contributed by atoms with E-state index in [4.69, 9.17) is 19.6 Å². The molecule has 0 bridgehead atoms. The number of rotatable bonds is 10. The third kappa shape index (κ3) is 29.6. The number of hydrogen-bond donors (Lipinski definition) is 7. The average Bonchev–Trinajstić information content (AvgIpc) is 4.14. The lowest BCUT2D eigenvalue weighted by Gasteiger charge is -2.41. The Morgan fingerprint density at radius 3 is 1.20 bits per heavy atom. The van der Waals surface area contributed by atoms with Crippen molar-refractivity contribution in [2.75, 3.05) is 90.9 Å². The van der Waals surface area contributed by atoms with E-state index in [9.17, 15) is 48.7 Å². The van der Waals surface area contributed by atoms with E-state index in [1.54, 1.807) is 13.8 Å². The molecule has 5 amide bonds. The van der Waals surface area contributed by atoms with E-state index in [1.165, 1.54) is 78.1 Å². The van der Waals surface area contributed by atoms with Crippen LogP contribution in [0.25, 0.3) is 0 Å². The summed E-state index contributed by atoms with van der Waals surface area (Å²) in [5.41, 5.74) is 0.323. The van der Waals surface area contributed by atoms with Crippen molar-refractivity contribution in [3.8, 4) is 0 Å². The number of likely N-dealkylation sites (N-methyl/N-ethyl adjacent to an activating group) is 1. The summed E-state index contributed by atoms with van der Waals surface area (Å²) in [4.78, 5) is 97.2. The smallest absolute Gasteiger partial charge is 0.335 e. The molecular weight excluding hydrogens is 1100 g/mol. The second kappa shape index (κ2) is 40.4. The molecular formula is C62H114N7O14P. The SMILES string of the molecule is CC(C)C(=O)N1CCCC1.CC(C)C(=O)N1CCCCC1.CC(C)C(=O)N1CCN(C)CC1.CC(C)C(=O)N1CCN(C2CCCCC2)CC1.CC(C)C(=O)Nc1ccccc1.CC(C)P(=O)(O)O.CC(C)[C@H]1O[C@H](C(=O)O)[C@@H](O)[C@H](O)[C@H]1O. The number of carboxylic acid groups (broad SMARTS) is 1. The lowest BCUT2D eigenvalue weighted by molar-refractivity contribution is -0.235. The maximum atomic E-state index is 11.9. The summed E-state index contributed by atoms with van der Waals surface area (Å²) in [7, 11) is -1.64. The van der Waals surface area contributed by atoms with E-state index in [0.29, 0.717) is 23.6 Å². The minimum atomic E-state index is -3.74. The van der Waals surface area contributed by atoms with Crippen molar-refractivity contribution >= 4 is 48.8 Å². The lowest BCUT2D eigenvalue weighted by Crippen LogP contribution is -2.60. The molecule has 5 aliphatic heterocycles. The molecule has 5 heterocycles. The fourth-order valence-electron chi connectivity index (χ4n) is 9.76. The van der Waals surface area contributed by atoms with Gasteiger partial charge in [0, 0.05) is 120 Å². The Morgan fingerprint density at radius 2 is 0.857 bits per heavy atom. The Morgan fingerprint density at radius 1 is 0.500 bits per heavy atom. The van der Waals surface area contributed by atoms with Crippen molar-refractivity contribution in [3.63, 3.8) is 0 Å². The molecule has 1 aliphatic carbocycles. The third-order valence-electron chi connectivity index (χ3n) is 15.4. The second-order valence-electron chi connectivity index (χ2n) is 25.1. The normalized spacial score (nSPS) is 22.4. The van der Waals surface area contributed by atoms with E-state index in [-0.39, 0.29) is 41.4 Å². The number of likely N-dealkylation sites (tertiary alicyclic amines) is 2. The van der Waals surface area contributed by atoms with Gasteiger partial charge in [-0.05, 0) is 70.0 Å². The molecule has 7 N–H and O–H groups in total. The maximum absolute atomic E-state index is 11.9. The van der Waals surface area contributed by atoms with Crippen LogP contribution in [0.15, 0.2) is 30.3 Å². The number of nitrogens with zero attached hydrogens (tertiary/aromatic N) is 6. The molecule has 0 radical (unpaired) electrons. The number of anilines is 1. The van der Waals surface area contributed by atoms with Gasteiger partial charge >= 0.3 is 13.6 Å². The minimum Gasteiger partial charge on any atom is -0.479 e. The molecule has 1 aromatic carbocycles. The van der Waals surface area contributed by atoms with Crippen molar-refractivity contribution in [3.05, 3.63) is 30.3 Å². The van der Waals surface area contributed by atoms with Gasteiger partial charge in [0.25, 0.3) is 0 Å². The number of benzene rings is 1. The monoisotopic (exact) mass is 1210 g/mol. The second-order valence-corrected chi connectivity index (χ2v) is 27.3. The van der Waals surface area contributed by atoms with Gasteiger partial charge in [0.05, 0.1) is 11.8 Å². The number of ether oxygens (including phenoxy) is 1. The predicted octanol–water partition coefficient (Wildman–Crippen LogP) is 6.89. The first-order valence-corrected chi connectivity index (χ1v) is 32.8. The topological polar surface area (TPSA) is 282 Å². The number of piperidine rings is 1. The minimum absolute atomic E-state index is 0.0326. The molecule has 0 unspecified atom stereocenters. The number of aliphatic hydroxyl groups is 3. The van der Waals surface area contributed by atoms with Gasteiger partial charge in [0.1, 0.15) is 18.3 Å². The van der Waals surface area contributed by atoms with Gasteiger partial charge in [-0.15, -0.1) is 0 Å². The molecule has 21 nitrogen and oxygen atoms in total. The van der Waals surface area contributed by atoms with Crippen LogP contribution in [-0.2, 0) is 38.1 Å². The zero-order valence-electron chi connectivity index (χ0n) is 54.0. The van der Waals surface area contributed by atoms with Crippen LogP contribution in [0, 0.1) is 35.5 Å². The van der Waals surface area contributed by atoms with E-state index in [1.807, 2.05) is 119 Å². The average molecular weight is 1210 g/mol. The van der Waals surface area contributed by atoms with Crippen LogP contribution in [-0.4, -0.2) is 223 Å². The van der Waals surface area contributed by atoms with Crippen LogP contribution in [0.2, 0.25) is 0 Å². The number of para-hydroxylation sites is 1. The van der Waals surface area contributed by atoms with Gasteiger partial charge in [0.2, 0.25) is 29.5 Å². The zero-order valence-corrected chi connectivity index (χ0v) is 54.9. The summed E-state index contributed by atoms with van der Waals surface area (Å²) in [6.45, 7) is 37.8. The number of carbonyl (C=O) groups excluding carboxylic acids is 5. The molecule has 22 heteroatoms. The van der Waals surface area contributed by atoms with Gasteiger partial charge in [0.15, 0.2) is 6.10 Å². The number of piperazine rings is 2. The van der Waals surface area contributed by atoms with Gasteiger partial charge in [-0.1, -0.05) is 134 Å². The molecule has 1 aromatic rings. The molecule has 1 saturated carbocycles. The Balaban J connectivity index is 0.000000497. The summed E-state index contributed by atoms with van der Waals surface area (Å²) in [6.07, 6.45) is 6.38. The third-order valence-corrected chi connectivity index (χ3v) is 16.7. The highest BCUT2D eigenvalue weighted by molar-refractivity contribution is 7.52. The van der Waals surface area contributed by atoms with Crippen LogP contribution in [0.1, 0.15) is 161 Å². The number of carbonyl (C=O) groups is 6. The Hall–Kier alpha value is -4.05. The summed E-state index contributed by atoms with van der Waals surface area (Å²) < 4.78 is 15.1. The van der Waals surface area contributed by atoms with E-state index in [0.717, 1.165) is 90.3 Å². The number of amides is 5. The van der Waals surface area contributed by atoms with Gasteiger partial charge in [-0.2, -0.15) is 0 Å². The van der Waals surface area contributed by atoms with Gasteiger partial charge in [-0.3, -0.25) is 33.4 Å². The molecule has 84 heavy (non-hydrogen) atoms. The molecule has 5 saturated heterocycles. The first kappa shape index (κ1) is 78.0. The fraction of sp³-hybridized carbons (Fsp3) is 0.806. The number of carboxylic acids is 1. The summed E-state index contributed by atoms with van der Waals surface area (Å²) in [5, 5.41) is 39.9. The maximum Gasteiger partial charge on any atom is 0.335 e. The Labute approximate surface area is 504 Å². The number of aliphatic carboxylic acids is 1. The van der Waals surface area contributed by atoms with Crippen LogP contribution in [0.5, 0.6) is 0 Å². The van der Waals surface area contributed by atoms with E-state index < -0.39 is 49.7 Å². The van der Waals surface area contributed by atoms with Crippen LogP contribution in [0.4, 0.5) is 5.69 Å². The molecule has 486 valence electrons. The van der Waals surface area contributed by atoms with Crippen molar-refractivity contribution in [1.29, 1.82) is 0 Å². The molecule has 7 rings (SSSR count). The van der Waals surface area contributed by atoms with Crippen molar-refractivity contribution in [2.24, 2.45) is 35.5 Å². The van der Waals surface area contributed by atoms with E-state index in [2.05, 4.69) is 22.2 Å². The van der Waals surface area contributed by atoms with Gasteiger partial charge < -0.3 is 64.8 Å². The number of nitrogens with one attached hydrogen (secondary N) is 1. The Kier molecular flexibility index (Phi) is 37.5. The molecule has 0 aromatic heterocycles. The molecule has 0 spiro atoms. The first-order valence-electron chi connectivity index (χ1n) is 31.1. The summed E-state index contributed by atoms with van der Waals surface area (Å²) in [6, 6.07) is 10.3. The predicted molar refractivity (Wildman–Crippen MR) is 331 cm³/mol. The highest BCUT2D eigenvalue weighted by atomic mass is 31.2. The fourth-order valence-corrected chi connectivity index (χ4v) is 9.76. The quantitative estimate of drug-likeness (QED) is 0.118. The van der Waals surface area contributed by atoms with Crippen LogP contribution in [0.3, 0.4) is 0 Å². The number of hydrogen-bond acceptors (Lipinski definition) is 13. The summed E-state index contributed by atoms with van der Waals surface area (Å²) >= 11 is 0. The lowest BCUT2D eigenvalue weighted by atomic mass is 9.89. The molecule has 6 fully saturated rings. The van der Waals surface area contributed by atoms with Crippen molar-refractivity contribution < 1.29 is 68.3 Å². The summed E-state index contributed by atoms with van der Waals surface area (Å²) in [5.74, 6) is 0.504. The highest BCUT2D eigenvalue weighted by Gasteiger charge is 2.47. The number of aliphatic hydroxyl groups excluding tert-OH is 3. The largest absolute Gasteiger partial charge is 0.479 e. The van der Waals surface area contributed by atoms with Crippen molar-refractivity contribution in [2.45, 2.75) is 203 Å². The van der Waals surface area contributed by atoms with Gasteiger partial charge in [-0.25, -0.2) is 4.79 Å². The highest BCUT2D eigenvalue weighted by Crippen LogP contribution is 2.40.